The minimum absolute atomic E-state index is 0.391. The van der Waals surface area contributed by atoms with E-state index in [-0.39, 0.29) is 0 Å². The predicted octanol–water partition coefficient (Wildman–Crippen LogP) is 3.84. The van der Waals surface area contributed by atoms with Gasteiger partial charge in [0.2, 0.25) is 0 Å². The molecule has 0 aromatic heterocycles. The summed E-state index contributed by atoms with van der Waals surface area (Å²) in [5.41, 5.74) is -0.355. The molecule has 3 aromatic rings. The van der Waals surface area contributed by atoms with Crippen molar-refractivity contribution >= 4 is 47.1 Å². The largest absolute Gasteiger partial charge is 0.496 e. The second-order valence-electron chi connectivity index (χ2n) is 10.9. The maximum Gasteiger partial charge on any atom is 0.496 e. The summed E-state index contributed by atoms with van der Waals surface area (Å²) in [5.74, 6) is 0. The van der Waals surface area contributed by atoms with Gasteiger partial charge in [-0.25, -0.2) is 0 Å². The van der Waals surface area contributed by atoms with Crippen LogP contribution in [0.5, 0.6) is 0 Å². The monoisotopic (exact) mass is 432 g/mol. The fourth-order valence-corrected chi connectivity index (χ4v) is 4.05. The lowest BCUT2D eigenvalue weighted by atomic mass is 9.68. The molecule has 0 bridgehead atoms. The smallest absolute Gasteiger partial charge is 0.427 e. The van der Waals surface area contributed by atoms with Crippen molar-refractivity contribution in [1.82, 2.24) is 0 Å². The van der Waals surface area contributed by atoms with Crippen molar-refractivity contribution < 1.29 is 19.1 Å². The van der Waals surface area contributed by atoms with Crippen LogP contribution in [0, 0.1) is 0 Å². The predicted molar refractivity (Wildman–Crippen MR) is 135 cm³/mol. The van der Waals surface area contributed by atoms with Crippen LogP contribution in [0.2, 0.25) is 0 Å². The molecule has 1 N–H and O–H groups in total. The molecule has 4 rings (SSSR count). The van der Waals surface area contributed by atoms with Crippen molar-refractivity contribution in [3.8, 4) is 0 Å². The van der Waals surface area contributed by atoms with Gasteiger partial charge in [-0.05, 0) is 87.9 Å². The first-order chi connectivity index (χ1) is 14.8. The number of benzene rings is 3. The minimum Gasteiger partial charge on any atom is -0.427 e. The molecule has 0 atom stereocenters. The van der Waals surface area contributed by atoms with Crippen LogP contribution in [0.25, 0.3) is 21.5 Å². The van der Waals surface area contributed by atoms with E-state index in [1.807, 2.05) is 13.8 Å². The quantitative estimate of drug-likeness (QED) is 0.492. The van der Waals surface area contributed by atoms with E-state index < -0.39 is 29.5 Å². The highest BCUT2D eigenvalue weighted by Crippen LogP contribution is 2.38. The Bertz CT molecular complexity index is 1090. The Morgan fingerprint density at radius 2 is 1.19 bits per heavy atom. The third-order valence-electron chi connectivity index (χ3n) is 7.62. The first kappa shape index (κ1) is 23.3. The second-order valence-corrected chi connectivity index (χ2v) is 10.9. The van der Waals surface area contributed by atoms with Gasteiger partial charge in [-0.3, -0.25) is 0 Å². The van der Waals surface area contributed by atoms with Gasteiger partial charge in [0.25, 0.3) is 0 Å². The van der Waals surface area contributed by atoms with Gasteiger partial charge in [-0.1, -0.05) is 48.5 Å². The Kier molecular flexibility index (Phi) is 5.53. The van der Waals surface area contributed by atoms with Crippen LogP contribution in [0.3, 0.4) is 0 Å². The topological polar surface area (TPSA) is 47.9 Å². The first-order valence-electron chi connectivity index (χ1n) is 11.4. The number of rotatable bonds is 5. The fourth-order valence-electron chi connectivity index (χ4n) is 4.05. The molecule has 0 amide bonds. The van der Waals surface area contributed by atoms with E-state index in [9.17, 15) is 5.11 Å². The van der Waals surface area contributed by atoms with Gasteiger partial charge in [0.1, 0.15) is 0 Å². The van der Waals surface area contributed by atoms with E-state index in [1.165, 1.54) is 0 Å². The summed E-state index contributed by atoms with van der Waals surface area (Å²) in [4.78, 5) is 0. The van der Waals surface area contributed by atoms with E-state index in [0.29, 0.717) is 7.48 Å². The lowest BCUT2D eigenvalue weighted by Gasteiger charge is -2.37. The van der Waals surface area contributed by atoms with Crippen LogP contribution in [0.1, 0.15) is 55.4 Å². The maximum atomic E-state index is 10.6. The molecule has 4 nitrogen and oxygen atoms in total. The molecule has 0 unspecified atom stereocenters. The van der Waals surface area contributed by atoms with Crippen molar-refractivity contribution in [1.29, 1.82) is 0 Å². The molecule has 1 aliphatic rings. The maximum absolute atomic E-state index is 10.6. The molecule has 1 heterocycles. The van der Waals surface area contributed by atoms with Crippen LogP contribution < -0.4 is 10.9 Å². The Morgan fingerprint density at radius 3 is 1.59 bits per heavy atom. The summed E-state index contributed by atoms with van der Waals surface area (Å²) in [6.45, 7) is 15.7. The van der Waals surface area contributed by atoms with Crippen LogP contribution in [0.4, 0.5) is 0 Å². The normalized spacial score (nSPS) is 18.5. The van der Waals surface area contributed by atoms with Gasteiger partial charge in [0, 0.05) is 0 Å². The number of hydrogen-bond donors (Lipinski definition) is 1. The van der Waals surface area contributed by atoms with Crippen molar-refractivity contribution in [3.05, 3.63) is 48.5 Å². The Hall–Kier alpha value is -1.85. The van der Waals surface area contributed by atoms with Crippen LogP contribution in [-0.2, 0) is 14.0 Å². The van der Waals surface area contributed by atoms with Gasteiger partial charge < -0.3 is 19.1 Å². The molecular weight excluding hydrogens is 398 g/mol. The van der Waals surface area contributed by atoms with E-state index in [0.717, 1.165) is 32.5 Å². The Labute approximate surface area is 192 Å². The van der Waals surface area contributed by atoms with Crippen molar-refractivity contribution in [3.63, 3.8) is 0 Å². The summed E-state index contributed by atoms with van der Waals surface area (Å²) in [6, 6.07) is 16.7. The zero-order valence-corrected chi connectivity index (χ0v) is 20.6. The molecule has 1 aliphatic heterocycles. The highest BCUT2D eigenvalue weighted by molar-refractivity contribution is 6.70. The summed E-state index contributed by atoms with van der Waals surface area (Å²) >= 11 is 0. The zero-order valence-electron chi connectivity index (χ0n) is 20.6. The molecule has 1 fully saturated rings. The second kappa shape index (κ2) is 7.59. The van der Waals surface area contributed by atoms with E-state index in [4.69, 9.17) is 14.0 Å². The Balaban J connectivity index is 1.91. The van der Waals surface area contributed by atoms with E-state index in [1.54, 1.807) is 13.8 Å². The zero-order chi connectivity index (χ0) is 23.5. The summed E-state index contributed by atoms with van der Waals surface area (Å²) < 4.78 is 19.3. The SMILES string of the molecule is CC(C)(O)C(C)(C)OBc1c2ccccc2c(B2OC(C)(C)C(C)(C)O2)c2ccccc12. The lowest BCUT2D eigenvalue weighted by molar-refractivity contribution is -0.0892. The van der Waals surface area contributed by atoms with Crippen molar-refractivity contribution in [2.24, 2.45) is 0 Å². The molecule has 168 valence electrons. The van der Waals surface area contributed by atoms with Crippen molar-refractivity contribution in [2.45, 2.75) is 77.8 Å². The minimum atomic E-state index is -0.971. The average Bonchev–Trinajstić information content (AvgIpc) is 2.90. The van der Waals surface area contributed by atoms with Crippen LogP contribution in [0.15, 0.2) is 48.5 Å². The van der Waals surface area contributed by atoms with Gasteiger partial charge >= 0.3 is 14.6 Å². The molecule has 3 aromatic carbocycles. The number of hydrogen-bond acceptors (Lipinski definition) is 4. The molecule has 0 aliphatic carbocycles. The molecule has 0 spiro atoms. The van der Waals surface area contributed by atoms with Crippen LogP contribution in [-0.4, -0.2) is 42.1 Å². The van der Waals surface area contributed by atoms with Gasteiger partial charge in [0.15, 0.2) is 0 Å². The number of aliphatic hydroxyl groups is 1. The highest BCUT2D eigenvalue weighted by Gasteiger charge is 2.52. The average molecular weight is 432 g/mol. The lowest BCUT2D eigenvalue weighted by Crippen LogP contribution is -2.49. The standard InChI is InChI=1S/C26H34B2O4/c1-23(2,29)24(3,4)30-27-21-17-13-9-11-15-19(17)22(20-16-12-10-14-18(20)21)28-31-25(5,6)26(7,8)32-28/h9-16,27,29H,1-8H3. The summed E-state index contributed by atoms with van der Waals surface area (Å²) in [6.07, 6.45) is 0. The van der Waals surface area contributed by atoms with Gasteiger partial charge in [-0.15, -0.1) is 0 Å². The molecule has 6 heteroatoms. The Morgan fingerprint density at radius 1 is 0.781 bits per heavy atom. The van der Waals surface area contributed by atoms with E-state index >= 15 is 0 Å². The van der Waals surface area contributed by atoms with E-state index in [2.05, 4.69) is 76.2 Å². The molecule has 32 heavy (non-hydrogen) atoms. The third kappa shape index (κ3) is 3.77. The third-order valence-corrected chi connectivity index (χ3v) is 7.62. The number of fused-ring (bicyclic) bond motifs is 2. The molecule has 0 saturated carbocycles. The first-order valence-corrected chi connectivity index (χ1v) is 11.4. The van der Waals surface area contributed by atoms with Crippen LogP contribution >= 0.6 is 0 Å². The van der Waals surface area contributed by atoms with Gasteiger partial charge in [0.05, 0.1) is 22.4 Å². The summed E-state index contributed by atoms with van der Waals surface area (Å²) in [7, 11) is -0.0700. The fraction of sp³-hybridized carbons (Fsp3) is 0.462. The molecular formula is C26H34B2O4. The van der Waals surface area contributed by atoms with Crippen molar-refractivity contribution in [2.75, 3.05) is 0 Å². The molecule has 0 radical (unpaired) electrons. The highest BCUT2D eigenvalue weighted by atomic mass is 16.7. The summed E-state index contributed by atoms with van der Waals surface area (Å²) in [5, 5.41) is 15.0. The van der Waals surface area contributed by atoms with Gasteiger partial charge in [-0.2, -0.15) is 0 Å². The molecule has 1 saturated heterocycles.